The monoisotopic (exact) mass is 348 g/mol. The minimum atomic E-state index is -0.200. The number of thioether (sulfide) groups is 1. The highest BCUT2D eigenvalue weighted by molar-refractivity contribution is 8.07. The van der Waals surface area contributed by atoms with Gasteiger partial charge < -0.3 is 0 Å². The fourth-order valence-corrected chi connectivity index (χ4v) is 5.05. The molecule has 0 bridgehead atoms. The molecule has 3 heteroatoms. The van der Waals surface area contributed by atoms with Crippen LogP contribution in [0, 0.1) is 21.7 Å². The summed E-state index contributed by atoms with van der Waals surface area (Å²) in [5.41, 5.74) is -0.386. The molecule has 1 aliphatic rings. The highest BCUT2D eigenvalue weighted by Gasteiger charge is 2.48. The van der Waals surface area contributed by atoms with Gasteiger partial charge >= 0.3 is 0 Å². The molecule has 0 saturated carbocycles. The van der Waals surface area contributed by atoms with Gasteiger partial charge in [0.05, 0.1) is 0 Å². The molecule has 0 saturated heterocycles. The van der Waals surface area contributed by atoms with Crippen molar-refractivity contribution in [2.75, 3.05) is 0 Å². The highest BCUT2D eigenvalue weighted by Crippen LogP contribution is 2.63. The summed E-state index contributed by atoms with van der Waals surface area (Å²) in [7, 11) is 0. The second-order valence-corrected chi connectivity index (χ2v) is 10.9. The van der Waals surface area contributed by atoms with E-state index in [1.54, 1.807) is 11.8 Å². The average Bonchev–Trinajstić information content (AvgIpc) is 2.28. The van der Waals surface area contributed by atoms with Crippen molar-refractivity contribution in [2.45, 2.75) is 69.2 Å². The van der Waals surface area contributed by atoms with Gasteiger partial charge in [0, 0.05) is 30.7 Å². The molecule has 0 fully saturated rings. The van der Waals surface area contributed by atoms with Gasteiger partial charge in [-0.15, -0.1) is 0 Å². The summed E-state index contributed by atoms with van der Waals surface area (Å²) < 4.78 is 0. The van der Waals surface area contributed by atoms with Crippen molar-refractivity contribution in [1.82, 2.24) is 0 Å². The second-order valence-electron chi connectivity index (χ2n) is 9.14. The molecule has 0 N–H and O–H groups in total. The van der Waals surface area contributed by atoms with E-state index in [2.05, 4.69) is 69.2 Å². The quantitative estimate of drug-likeness (QED) is 0.430. The molecule has 0 aliphatic carbocycles. The van der Waals surface area contributed by atoms with E-state index < -0.39 is 0 Å². The lowest BCUT2D eigenvalue weighted by atomic mass is 9.66. The zero-order chi connectivity index (χ0) is 17.0. The molecule has 0 amide bonds. The molecule has 0 nitrogen and oxygen atoms in total. The summed E-state index contributed by atoms with van der Waals surface area (Å²) in [5.74, 6) is 0. The van der Waals surface area contributed by atoms with Gasteiger partial charge in [-0.3, -0.25) is 0 Å². The van der Waals surface area contributed by atoms with E-state index in [1.165, 1.54) is 9.81 Å². The first-order valence-corrected chi connectivity index (χ1v) is 9.11. The predicted octanol–water partition coefficient (Wildman–Crippen LogP) is 7.78. The van der Waals surface area contributed by atoms with E-state index in [0.717, 1.165) is 10.1 Å². The minimum absolute atomic E-state index is 0.00705. The first-order valence-electron chi connectivity index (χ1n) is 7.54. The number of hydrogen-bond acceptors (Lipinski definition) is 1. The lowest BCUT2D eigenvalue weighted by Crippen LogP contribution is -2.34. The largest absolute Gasteiger partial charge is 0.0954 e. The summed E-state index contributed by atoms with van der Waals surface area (Å²) >= 11 is 15.6. The van der Waals surface area contributed by atoms with Crippen molar-refractivity contribution in [3.8, 4) is 0 Å². The third kappa shape index (κ3) is 3.35. The highest BCUT2D eigenvalue weighted by atomic mass is 35.5. The van der Waals surface area contributed by atoms with E-state index in [9.17, 15) is 0 Å². The Morgan fingerprint density at radius 2 is 0.905 bits per heavy atom. The molecule has 0 spiro atoms. The van der Waals surface area contributed by atoms with Gasteiger partial charge in [0.25, 0.3) is 0 Å². The Morgan fingerprint density at radius 1 is 0.667 bits per heavy atom. The first kappa shape index (κ1) is 19.5. The molecule has 1 aliphatic heterocycles. The summed E-state index contributed by atoms with van der Waals surface area (Å²) in [6.45, 7) is 22.2. The van der Waals surface area contributed by atoms with Crippen LogP contribution < -0.4 is 0 Å². The maximum Gasteiger partial charge on any atom is 0.0350 e. The van der Waals surface area contributed by atoms with E-state index in [0.29, 0.717) is 0 Å². The standard InChI is InChI=1S/C18H30Cl2S/c1-15(2,3)13-11(19)17(7,8)18(9,10)12(20)14(21-13)16(4,5)6/h1-10H3. The van der Waals surface area contributed by atoms with Crippen molar-refractivity contribution >= 4 is 35.0 Å². The fraction of sp³-hybridized carbons (Fsp3) is 0.778. The van der Waals surface area contributed by atoms with Crippen LogP contribution in [-0.2, 0) is 0 Å². The zero-order valence-electron chi connectivity index (χ0n) is 15.2. The topological polar surface area (TPSA) is 0 Å². The minimum Gasteiger partial charge on any atom is -0.0954 e. The fourth-order valence-electron chi connectivity index (χ4n) is 2.27. The Hall–Kier alpha value is 0.410. The third-order valence-corrected chi connectivity index (χ3v) is 8.21. The molecule has 0 aromatic rings. The molecule has 21 heavy (non-hydrogen) atoms. The van der Waals surface area contributed by atoms with E-state index in [4.69, 9.17) is 23.2 Å². The van der Waals surface area contributed by atoms with Gasteiger partial charge in [-0.05, 0) is 10.8 Å². The van der Waals surface area contributed by atoms with Crippen molar-refractivity contribution < 1.29 is 0 Å². The molecular weight excluding hydrogens is 319 g/mol. The molecular formula is C18H30Cl2S. The smallest absolute Gasteiger partial charge is 0.0350 e. The zero-order valence-corrected chi connectivity index (χ0v) is 17.5. The molecule has 0 aromatic carbocycles. The van der Waals surface area contributed by atoms with Crippen molar-refractivity contribution in [2.24, 2.45) is 21.7 Å². The van der Waals surface area contributed by atoms with E-state index >= 15 is 0 Å². The average molecular weight is 349 g/mol. The summed E-state index contributed by atoms with van der Waals surface area (Å²) in [6.07, 6.45) is 0. The van der Waals surface area contributed by atoms with E-state index in [1.807, 2.05) is 0 Å². The van der Waals surface area contributed by atoms with Crippen LogP contribution in [0.1, 0.15) is 69.2 Å². The Morgan fingerprint density at radius 3 is 1.10 bits per heavy atom. The van der Waals surface area contributed by atoms with Gasteiger partial charge in [-0.25, -0.2) is 0 Å². The van der Waals surface area contributed by atoms with Crippen molar-refractivity contribution in [1.29, 1.82) is 0 Å². The van der Waals surface area contributed by atoms with Crippen LogP contribution in [0.15, 0.2) is 19.9 Å². The third-order valence-electron chi connectivity index (χ3n) is 4.63. The molecule has 122 valence electrons. The molecule has 0 aromatic heterocycles. The molecule has 0 atom stereocenters. The van der Waals surface area contributed by atoms with Crippen molar-refractivity contribution in [3.05, 3.63) is 19.9 Å². The maximum absolute atomic E-state index is 6.90. The number of hydrogen-bond donors (Lipinski definition) is 0. The number of allylic oxidation sites excluding steroid dienone is 4. The van der Waals surface area contributed by atoms with Gasteiger partial charge in [0.1, 0.15) is 0 Å². The normalized spacial score (nSPS) is 23.4. The summed E-state index contributed by atoms with van der Waals surface area (Å²) in [5, 5.41) is 1.89. The van der Waals surface area contributed by atoms with Gasteiger partial charge in [0.2, 0.25) is 0 Å². The van der Waals surface area contributed by atoms with Crippen LogP contribution in [0.5, 0.6) is 0 Å². The second kappa shape index (κ2) is 5.49. The maximum atomic E-state index is 6.90. The summed E-state index contributed by atoms with van der Waals surface area (Å²) in [4.78, 5) is 2.48. The Kier molecular flexibility index (Phi) is 5.09. The van der Waals surface area contributed by atoms with Gasteiger partial charge in [-0.2, -0.15) is 0 Å². The predicted molar refractivity (Wildman–Crippen MR) is 99.8 cm³/mol. The first-order chi connectivity index (χ1) is 9.04. The molecule has 1 rings (SSSR count). The van der Waals surface area contributed by atoms with Crippen LogP contribution in [0.2, 0.25) is 0 Å². The van der Waals surface area contributed by atoms with E-state index in [-0.39, 0.29) is 21.7 Å². The molecule has 0 radical (unpaired) electrons. The number of rotatable bonds is 0. The van der Waals surface area contributed by atoms with Crippen LogP contribution in [0.4, 0.5) is 0 Å². The van der Waals surface area contributed by atoms with Crippen molar-refractivity contribution in [3.63, 3.8) is 0 Å². The Balaban J connectivity index is 3.77. The Labute approximate surface area is 145 Å². The Bertz CT molecular complexity index is 448. The van der Waals surface area contributed by atoms with Gasteiger partial charge in [0.15, 0.2) is 0 Å². The lowest BCUT2D eigenvalue weighted by Gasteiger charge is -2.42. The molecule has 0 unspecified atom stereocenters. The van der Waals surface area contributed by atoms with Crippen LogP contribution >= 0.6 is 35.0 Å². The van der Waals surface area contributed by atoms with Crippen LogP contribution in [0.25, 0.3) is 0 Å². The van der Waals surface area contributed by atoms with Crippen LogP contribution in [0.3, 0.4) is 0 Å². The SMILES string of the molecule is CC(C)(C)C1=C(Cl)C(C)(C)C(C)(C)C(Cl)=C(C(C)(C)C)S1. The molecule has 1 heterocycles. The van der Waals surface area contributed by atoms with Gasteiger partial charge in [-0.1, -0.05) is 104 Å². The summed E-state index contributed by atoms with van der Waals surface area (Å²) in [6, 6.07) is 0. The number of halogens is 2. The lowest BCUT2D eigenvalue weighted by molar-refractivity contribution is 0.215. The van der Waals surface area contributed by atoms with Crippen LogP contribution in [-0.4, -0.2) is 0 Å².